The van der Waals surface area contributed by atoms with Gasteiger partial charge in [-0.2, -0.15) is 5.10 Å². The average Bonchev–Trinajstić information content (AvgIpc) is 2.53. The molecular formula is C8H17N5O. The van der Waals surface area contributed by atoms with Crippen LogP contribution in [0.1, 0.15) is 0 Å². The summed E-state index contributed by atoms with van der Waals surface area (Å²) in [6.07, 6.45) is 1.62. The third kappa shape index (κ3) is 2.61. The van der Waals surface area contributed by atoms with Crippen molar-refractivity contribution in [1.29, 1.82) is 0 Å². The molecular weight excluding hydrogens is 182 g/mol. The van der Waals surface area contributed by atoms with Crippen LogP contribution >= 0.6 is 0 Å². The molecule has 0 bridgehead atoms. The number of methoxy groups -OCH3 is 1. The van der Waals surface area contributed by atoms with E-state index in [1.54, 1.807) is 18.0 Å². The molecule has 0 radical (unpaired) electrons. The predicted molar refractivity (Wildman–Crippen MR) is 56.1 cm³/mol. The van der Waals surface area contributed by atoms with Crippen LogP contribution in [0.3, 0.4) is 0 Å². The van der Waals surface area contributed by atoms with Crippen LogP contribution in [0.25, 0.3) is 0 Å². The number of rotatable bonds is 6. The van der Waals surface area contributed by atoms with Gasteiger partial charge in [-0.15, -0.1) is 0 Å². The molecule has 0 aromatic carbocycles. The van der Waals surface area contributed by atoms with E-state index in [1.807, 2.05) is 0 Å². The van der Waals surface area contributed by atoms with Gasteiger partial charge in [-0.3, -0.25) is 0 Å². The Balaban J connectivity index is 2.62. The summed E-state index contributed by atoms with van der Waals surface area (Å²) < 4.78 is 6.73. The molecule has 1 heterocycles. The van der Waals surface area contributed by atoms with Gasteiger partial charge in [0.15, 0.2) is 0 Å². The van der Waals surface area contributed by atoms with E-state index < -0.39 is 0 Å². The average molecular weight is 199 g/mol. The maximum Gasteiger partial charge on any atom is 0.147 e. The van der Waals surface area contributed by atoms with Crippen molar-refractivity contribution < 1.29 is 4.74 Å². The van der Waals surface area contributed by atoms with Crippen LogP contribution in [-0.4, -0.2) is 36.6 Å². The van der Waals surface area contributed by atoms with Crippen molar-refractivity contribution in [1.82, 2.24) is 9.78 Å². The number of ether oxygens (including phenoxy) is 1. The molecule has 0 atom stereocenters. The van der Waals surface area contributed by atoms with Crippen molar-refractivity contribution in [3.63, 3.8) is 0 Å². The summed E-state index contributed by atoms with van der Waals surface area (Å²) in [6, 6.07) is 0. The van der Waals surface area contributed by atoms with Crippen LogP contribution in [0.2, 0.25) is 0 Å². The predicted octanol–water partition coefficient (Wildman–Crippen LogP) is -0.518. The van der Waals surface area contributed by atoms with Crippen molar-refractivity contribution in [2.75, 3.05) is 37.9 Å². The van der Waals surface area contributed by atoms with Crippen molar-refractivity contribution in [3.8, 4) is 0 Å². The molecule has 0 saturated heterocycles. The highest BCUT2D eigenvalue weighted by Gasteiger charge is 2.06. The van der Waals surface area contributed by atoms with E-state index in [9.17, 15) is 0 Å². The van der Waals surface area contributed by atoms with Gasteiger partial charge in [0.25, 0.3) is 0 Å². The van der Waals surface area contributed by atoms with E-state index in [0.717, 1.165) is 5.82 Å². The first-order chi connectivity index (χ1) is 6.79. The van der Waals surface area contributed by atoms with Gasteiger partial charge < -0.3 is 21.5 Å². The third-order valence-electron chi connectivity index (χ3n) is 1.81. The molecule has 6 heteroatoms. The molecule has 1 aromatic heterocycles. The van der Waals surface area contributed by atoms with Gasteiger partial charge in [0.05, 0.1) is 25.0 Å². The van der Waals surface area contributed by atoms with Gasteiger partial charge in [0.1, 0.15) is 5.82 Å². The maximum absolute atomic E-state index is 5.73. The van der Waals surface area contributed by atoms with Gasteiger partial charge in [0.2, 0.25) is 0 Å². The van der Waals surface area contributed by atoms with Gasteiger partial charge in [-0.25, -0.2) is 4.68 Å². The van der Waals surface area contributed by atoms with Crippen molar-refractivity contribution in [3.05, 3.63) is 6.20 Å². The summed E-state index contributed by atoms with van der Waals surface area (Å²) in [7, 11) is 1.65. The number of hydrogen-bond acceptors (Lipinski definition) is 5. The summed E-state index contributed by atoms with van der Waals surface area (Å²) in [4.78, 5) is 0. The Morgan fingerprint density at radius 1 is 1.64 bits per heavy atom. The lowest BCUT2D eigenvalue weighted by Crippen LogP contribution is -2.17. The minimum atomic E-state index is 0.564. The molecule has 1 rings (SSSR count). The lowest BCUT2D eigenvalue weighted by Gasteiger charge is -2.09. The summed E-state index contributed by atoms with van der Waals surface area (Å²) in [6.45, 7) is 2.54. The quantitative estimate of drug-likeness (QED) is 0.573. The van der Waals surface area contributed by atoms with Crippen molar-refractivity contribution >= 4 is 11.5 Å². The van der Waals surface area contributed by atoms with Gasteiger partial charge in [0, 0.05) is 20.2 Å². The minimum absolute atomic E-state index is 0.564. The normalized spacial score (nSPS) is 10.4. The zero-order valence-corrected chi connectivity index (χ0v) is 8.36. The Kier molecular flexibility index (Phi) is 4.21. The molecule has 0 aliphatic rings. The second-order valence-electron chi connectivity index (χ2n) is 2.88. The first kappa shape index (κ1) is 10.8. The highest BCUT2D eigenvalue weighted by atomic mass is 16.5. The van der Waals surface area contributed by atoms with E-state index in [1.165, 1.54) is 0 Å². The molecule has 0 amide bonds. The van der Waals surface area contributed by atoms with E-state index in [2.05, 4.69) is 10.4 Å². The van der Waals surface area contributed by atoms with E-state index in [4.69, 9.17) is 16.2 Å². The molecule has 5 N–H and O–H groups in total. The molecule has 0 unspecified atom stereocenters. The van der Waals surface area contributed by atoms with Gasteiger partial charge >= 0.3 is 0 Å². The van der Waals surface area contributed by atoms with Gasteiger partial charge in [-0.1, -0.05) is 0 Å². The van der Waals surface area contributed by atoms with Gasteiger partial charge in [-0.05, 0) is 0 Å². The summed E-state index contributed by atoms with van der Waals surface area (Å²) in [5.41, 5.74) is 11.7. The molecule has 0 aliphatic carbocycles. The topological polar surface area (TPSA) is 91.1 Å². The smallest absolute Gasteiger partial charge is 0.147 e. The number of aromatic nitrogens is 2. The maximum atomic E-state index is 5.73. The second-order valence-corrected chi connectivity index (χ2v) is 2.88. The first-order valence-electron chi connectivity index (χ1n) is 4.53. The number of hydrogen-bond donors (Lipinski definition) is 3. The van der Waals surface area contributed by atoms with Crippen molar-refractivity contribution in [2.24, 2.45) is 5.73 Å². The number of nitrogens with zero attached hydrogens (tertiary/aromatic N) is 2. The van der Waals surface area contributed by atoms with Crippen molar-refractivity contribution in [2.45, 2.75) is 6.54 Å². The highest BCUT2D eigenvalue weighted by Crippen LogP contribution is 2.16. The van der Waals surface area contributed by atoms with Crippen LogP contribution in [-0.2, 0) is 11.3 Å². The Hall–Kier alpha value is -1.27. The molecule has 14 heavy (non-hydrogen) atoms. The molecule has 80 valence electrons. The molecule has 1 aromatic rings. The largest absolute Gasteiger partial charge is 0.394 e. The zero-order chi connectivity index (χ0) is 10.4. The van der Waals surface area contributed by atoms with E-state index in [-0.39, 0.29) is 0 Å². The minimum Gasteiger partial charge on any atom is -0.394 e. The molecule has 0 aliphatic heterocycles. The molecule has 0 saturated carbocycles. The number of anilines is 2. The van der Waals surface area contributed by atoms with E-state index in [0.29, 0.717) is 31.9 Å². The first-order valence-corrected chi connectivity index (χ1v) is 4.53. The number of nitrogen functional groups attached to an aromatic ring is 1. The van der Waals surface area contributed by atoms with Crippen LogP contribution in [0.4, 0.5) is 11.5 Å². The number of nitrogens with two attached hydrogens (primary N) is 2. The molecule has 0 fully saturated rings. The van der Waals surface area contributed by atoms with Crippen LogP contribution in [0, 0.1) is 0 Å². The lowest BCUT2D eigenvalue weighted by atomic mass is 10.5. The molecule has 6 nitrogen and oxygen atoms in total. The third-order valence-corrected chi connectivity index (χ3v) is 1.81. The fourth-order valence-corrected chi connectivity index (χ4v) is 1.13. The van der Waals surface area contributed by atoms with Crippen LogP contribution < -0.4 is 16.8 Å². The SMILES string of the molecule is COCCn1ncc(N)c1NCCN. The molecule has 0 spiro atoms. The summed E-state index contributed by atoms with van der Waals surface area (Å²) in [5.74, 6) is 0.813. The fourth-order valence-electron chi connectivity index (χ4n) is 1.13. The highest BCUT2D eigenvalue weighted by molar-refractivity contribution is 5.60. The standard InChI is InChI=1S/C8H17N5O/c1-14-5-4-13-8(11-3-2-9)7(10)6-12-13/h6,11H,2-5,9-10H2,1H3. The summed E-state index contributed by atoms with van der Waals surface area (Å²) in [5, 5.41) is 7.23. The second kappa shape index (κ2) is 5.46. The monoisotopic (exact) mass is 199 g/mol. The lowest BCUT2D eigenvalue weighted by molar-refractivity contribution is 0.184. The number of nitrogens with one attached hydrogen (secondary N) is 1. The van der Waals surface area contributed by atoms with Crippen LogP contribution in [0.5, 0.6) is 0 Å². The summed E-state index contributed by atoms with van der Waals surface area (Å²) >= 11 is 0. The fraction of sp³-hybridized carbons (Fsp3) is 0.625. The van der Waals surface area contributed by atoms with Crippen LogP contribution in [0.15, 0.2) is 6.20 Å². The Bertz CT molecular complexity index is 273. The Morgan fingerprint density at radius 3 is 3.07 bits per heavy atom. The zero-order valence-electron chi connectivity index (χ0n) is 8.36. The van der Waals surface area contributed by atoms with E-state index >= 15 is 0 Å². The Morgan fingerprint density at radius 2 is 2.43 bits per heavy atom. The Labute approximate surface area is 83.2 Å².